The first-order valence-electron chi connectivity index (χ1n) is 8.09. The highest BCUT2D eigenvalue weighted by molar-refractivity contribution is 4.90. The fraction of sp³-hybridized carbons (Fsp3) is 1.00. The van der Waals surface area contributed by atoms with E-state index < -0.39 is 0 Å². The summed E-state index contributed by atoms with van der Waals surface area (Å²) in [6, 6.07) is 1.35. The van der Waals surface area contributed by atoms with E-state index in [2.05, 4.69) is 25.7 Å². The van der Waals surface area contributed by atoms with Gasteiger partial charge in [-0.15, -0.1) is 0 Å². The normalized spacial score (nSPS) is 33.3. The molecule has 0 bridgehead atoms. The summed E-state index contributed by atoms with van der Waals surface area (Å²) in [4.78, 5) is 2.74. The second-order valence-electron chi connectivity index (χ2n) is 7.09. The molecule has 0 aromatic carbocycles. The van der Waals surface area contributed by atoms with Crippen LogP contribution in [-0.4, -0.2) is 30.1 Å². The summed E-state index contributed by atoms with van der Waals surface area (Å²) >= 11 is 0. The van der Waals surface area contributed by atoms with E-state index in [1.807, 2.05) is 0 Å². The molecule has 0 spiro atoms. The summed E-state index contributed by atoms with van der Waals surface area (Å²) in [5.41, 5.74) is 6.37. The van der Waals surface area contributed by atoms with Gasteiger partial charge in [0.05, 0.1) is 0 Å². The highest BCUT2D eigenvalue weighted by atomic mass is 15.2. The maximum atomic E-state index is 6.37. The van der Waals surface area contributed by atoms with E-state index in [-0.39, 0.29) is 0 Å². The zero-order chi connectivity index (χ0) is 13.1. The highest BCUT2D eigenvalue weighted by Crippen LogP contribution is 2.34. The Bertz CT molecular complexity index is 247. The Morgan fingerprint density at radius 2 is 1.89 bits per heavy atom. The van der Waals surface area contributed by atoms with Crippen molar-refractivity contribution in [2.45, 2.75) is 71.4 Å². The molecule has 2 fully saturated rings. The average molecular weight is 252 g/mol. The van der Waals surface area contributed by atoms with Gasteiger partial charge in [-0.2, -0.15) is 0 Å². The first-order valence-corrected chi connectivity index (χ1v) is 8.09. The molecule has 106 valence electrons. The van der Waals surface area contributed by atoms with Crippen LogP contribution in [0.2, 0.25) is 0 Å². The van der Waals surface area contributed by atoms with Crippen LogP contribution in [0.5, 0.6) is 0 Å². The van der Waals surface area contributed by atoms with Crippen LogP contribution in [0.15, 0.2) is 0 Å². The number of hydrogen-bond acceptors (Lipinski definition) is 2. The molecule has 2 N–H and O–H groups in total. The fourth-order valence-electron chi connectivity index (χ4n) is 3.55. The summed E-state index contributed by atoms with van der Waals surface area (Å²) in [6.07, 6.45) is 8.18. The number of hydrogen-bond donors (Lipinski definition) is 1. The second-order valence-corrected chi connectivity index (χ2v) is 7.09. The van der Waals surface area contributed by atoms with E-state index in [1.54, 1.807) is 0 Å². The Balaban J connectivity index is 1.87. The van der Waals surface area contributed by atoms with Crippen LogP contribution >= 0.6 is 0 Å². The standard InChI is InChI=1S/C16H32N2/c1-4-13-5-8-16(17)14(9-13)11-18(10-12(2)3)15-6-7-15/h12-16H,4-11,17H2,1-3H3. The van der Waals surface area contributed by atoms with Gasteiger partial charge in [0.25, 0.3) is 0 Å². The molecule has 3 atom stereocenters. The summed E-state index contributed by atoms with van der Waals surface area (Å²) in [6.45, 7) is 9.55. The molecule has 2 saturated carbocycles. The lowest BCUT2D eigenvalue weighted by Gasteiger charge is -2.37. The average Bonchev–Trinajstić information content (AvgIpc) is 3.14. The van der Waals surface area contributed by atoms with Gasteiger partial charge in [-0.25, -0.2) is 0 Å². The molecule has 2 aliphatic rings. The first kappa shape index (κ1) is 14.3. The van der Waals surface area contributed by atoms with E-state index in [4.69, 9.17) is 5.73 Å². The first-order chi connectivity index (χ1) is 8.60. The Kier molecular flexibility index (Phi) is 5.08. The van der Waals surface area contributed by atoms with Gasteiger partial charge in [-0.05, 0) is 49.9 Å². The van der Waals surface area contributed by atoms with Crippen molar-refractivity contribution in [1.82, 2.24) is 4.90 Å². The van der Waals surface area contributed by atoms with Gasteiger partial charge >= 0.3 is 0 Å². The highest BCUT2D eigenvalue weighted by Gasteiger charge is 2.34. The van der Waals surface area contributed by atoms with Gasteiger partial charge in [0.1, 0.15) is 0 Å². The predicted molar refractivity (Wildman–Crippen MR) is 78.5 cm³/mol. The minimum Gasteiger partial charge on any atom is -0.327 e. The Morgan fingerprint density at radius 1 is 1.17 bits per heavy atom. The molecule has 0 amide bonds. The maximum Gasteiger partial charge on any atom is 0.00966 e. The Hall–Kier alpha value is -0.0800. The molecule has 2 heteroatoms. The van der Waals surface area contributed by atoms with Crippen LogP contribution in [0.25, 0.3) is 0 Å². The lowest BCUT2D eigenvalue weighted by atomic mass is 9.77. The van der Waals surface area contributed by atoms with Gasteiger partial charge in [-0.3, -0.25) is 4.90 Å². The number of rotatable bonds is 6. The maximum absolute atomic E-state index is 6.37. The Morgan fingerprint density at radius 3 is 2.44 bits per heavy atom. The van der Waals surface area contributed by atoms with Gasteiger partial charge in [0.15, 0.2) is 0 Å². The second kappa shape index (κ2) is 6.38. The number of nitrogens with two attached hydrogens (primary N) is 1. The van der Waals surface area contributed by atoms with Crippen LogP contribution in [-0.2, 0) is 0 Å². The monoisotopic (exact) mass is 252 g/mol. The molecule has 2 rings (SSSR count). The third kappa shape index (κ3) is 3.96. The molecule has 0 heterocycles. The topological polar surface area (TPSA) is 29.3 Å². The predicted octanol–water partition coefficient (Wildman–Crippen LogP) is 3.26. The van der Waals surface area contributed by atoms with Crippen LogP contribution in [0, 0.1) is 17.8 Å². The summed E-state index contributed by atoms with van der Waals surface area (Å²) in [7, 11) is 0. The molecule has 18 heavy (non-hydrogen) atoms. The minimum atomic E-state index is 0.459. The van der Waals surface area contributed by atoms with Crippen LogP contribution in [0.3, 0.4) is 0 Å². The molecule has 2 nitrogen and oxygen atoms in total. The van der Waals surface area contributed by atoms with E-state index in [1.165, 1.54) is 51.6 Å². The summed E-state index contributed by atoms with van der Waals surface area (Å²) in [5.74, 6) is 2.48. The third-order valence-corrected chi connectivity index (χ3v) is 4.86. The summed E-state index contributed by atoms with van der Waals surface area (Å²) < 4.78 is 0. The zero-order valence-corrected chi connectivity index (χ0v) is 12.6. The quantitative estimate of drug-likeness (QED) is 0.786. The van der Waals surface area contributed by atoms with Gasteiger partial charge in [-0.1, -0.05) is 27.2 Å². The zero-order valence-electron chi connectivity index (χ0n) is 12.6. The smallest absolute Gasteiger partial charge is 0.00966 e. The molecule has 0 aliphatic heterocycles. The third-order valence-electron chi connectivity index (χ3n) is 4.86. The van der Waals surface area contributed by atoms with Gasteiger partial charge in [0, 0.05) is 25.2 Å². The molecular weight excluding hydrogens is 220 g/mol. The van der Waals surface area contributed by atoms with Crippen molar-refractivity contribution in [3.63, 3.8) is 0 Å². The van der Waals surface area contributed by atoms with Crippen LogP contribution in [0.4, 0.5) is 0 Å². The van der Waals surface area contributed by atoms with E-state index >= 15 is 0 Å². The molecule has 0 aromatic rings. The van der Waals surface area contributed by atoms with Crippen molar-refractivity contribution in [2.75, 3.05) is 13.1 Å². The fourth-order valence-corrected chi connectivity index (χ4v) is 3.55. The number of nitrogens with zero attached hydrogens (tertiary/aromatic N) is 1. The van der Waals surface area contributed by atoms with Crippen molar-refractivity contribution in [3.8, 4) is 0 Å². The lowest BCUT2D eigenvalue weighted by Crippen LogP contribution is -2.44. The molecular formula is C16H32N2. The largest absolute Gasteiger partial charge is 0.327 e. The van der Waals surface area contributed by atoms with Gasteiger partial charge < -0.3 is 5.73 Å². The van der Waals surface area contributed by atoms with Crippen molar-refractivity contribution < 1.29 is 0 Å². The van der Waals surface area contributed by atoms with Crippen molar-refractivity contribution in [1.29, 1.82) is 0 Å². The minimum absolute atomic E-state index is 0.459. The van der Waals surface area contributed by atoms with Crippen LogP contribution in [0.1, 0.15) is 59.3 Å². The van der Waals surface area contributed by atoms with Crippen LogP contribution < -0.4 is 5.73 Å². The van der Waals surface area contributed by atoms with Crippen molar-refractivity contribution in [2.24, 2.45) is 23.5 Å². The molecule has 3 unspecified atom stereocenters. The lowest BCUT2D eigenvalue weighted by molar-refractivity contribution is 0.138. The molecule has 2 aliphatic carbocycles. The summed E-state index contributed by atoms with van der Waals surface area (Å²) in [5, 5.41) is 0. The van der Waals surface area contributed by atoms with E-state index in [0.717, 1.165) is 23.8 Å². The van der Waals surface area contributed by atoms with E-state index in [0.29, 0.717) is 6.04 Å². The molecule has 0 saturated heterocycles. The van der Waals surface area contributed by atoms with Gasteiger partial charge in [0.2, 0.25) is 0 Å². The molecule has 0 radical (unpaired) electrons. The SMILES string of the molecule is CCC1CCC(N)C(CN(CC(C)C)C2CC2)C1. The van der Waals surface area contributed by atoms with Crippen molar-refractivity contribution in [3.05, 3.63) is 0 Å². The van der Waals surface area contributed by atoms with Crippen molar-refractivity contribution >= 4 is 0 Å². The molecule has 0 aromatic heterocycles. The Labute approximate surface area is 113 Å². The van der Waals surface area contributed by atoms with E-state index in [9.17, 15) is 0 Å².